The van der Waals surface area contributed by atoms with Crippen molar-refractivity contribution in [3.8, 4) is 0 Å². The van der Waals surface area contributed by atoms with E-state index in [1.54, 1.807) is 0 Å². The van der Waals surface area contributed by atoms with Crippen molar-refractivity contribution in [2.24, 2.45) is 0 Å². The van der Waals surface area contributed by atoms with Crippen LogP contribution in [0.15, 0.2) is 3.79 Å². The molecule has 60 valence electrons. The van der Waals surface area contributed by atoms with Crippen LogP contribution in [0, 0.1) is 0 Å². The summed E-state index contributed by atoms with van der Waals surface area (Å²) in [6.07, 6.45) is 3.89. The number of thiazole rings is 1. The summed E-state index contributed by atoms with van der Waals surface area (Å²) in [5.74, 6) is 0.674. The van der Waals surface area contributed by atoms with Crippen LogP contribution in [0.2, 0.25) is 4.47 Å². The van der Waals surface area contributed by atoms with Crippen molar-refractivity contribution in [2.45, 2.75) is 25.2 Å². The van der Waals surface area contributed by atoms with Crippen LogP contribution in [0.25, 0.3) is 0 Å². The van der Waals surface area contributed by atoms with Gasteiger partial charge in [-0.15, -0.1) is 0 Å². The minimum Gasteiger partial charge on any atom is -0.229 e. The van der Waals surface area contributed by atoms with E-state index in [1.165, 1.54) is 36.3 Å². The topological polar surface area (TPSA) is 12.9 Å². The summed E-state index contributed by atoms with van der Waals surface area (Å²) in [5.41, 5.74) is 1.17. The van der Waals surface area contributed by atoms with Crippen LogP contribution in [-0.2, 0) is 0 Å². The van der Waals surface area contributed by atoms with E-state index < -0.39 is 0 Å². The maximum Gasteiger partial charge on any atom is 0.184 e. The molecule has 1 aliphatic rings. The third kappa shape index (κ3) is 1.46. The lowest BCUT2D eigenvalue weighted by atomic mass is 9.83. The highest BCUT2D eigenvalue weighted by atomic mass is 79.9. The lowest BCUT2D eigenvalue weighted by Gasteiger charge is -2.23. The Labute approximate surface area is 82.9 Å². The summed E-state index contributed by atoms with van der Waals surface area (Å²) in [5, 5.41) is 0. The number of hydrogen-bond acceptors (Lipinski definition) is 2. The zero-order chi connectivity index (χ0) is 7.84. The molecule has 1 fully saturated rings. The highest BCUT2D eigenvalue weighted by Gasteiger charge is 2.24. The Hall–Kier alpha value is 0.400. The third-order valence-electron chi connectivity index (χ3n) is 2.08. The van der Waals surface area contributed by atoms with Crippen molar-refractivity contribution < 1.29 is 0 Å². The van der Waals surface area contributed by atoms with Gasteiger partial charge < -0.3 is 0 Å². The summed E-state index contributed by atoms with van der Waals surface area (Å²) >= 11 is 10.7. The molecular formula is C7H7BrClNS. The smallest absolute Gasteiger partial charge is 0.184 e. The fraction of sp³-hybridized carbons (Fsp3) is 0.571. The highest BCUT2D eigenvalue weighted by molar-refractivity contribution is 9.11. The Kier molecular flexibility index (Phi) is 2.21. The molecule has 1 aliphatic carbocycles. The van der Waals surface area contributed by atoms with Crippen molar-refractivity contribution in [1.82, 2.24) is 4.98 Å². The van der Waals surface area contributed by atoms with Gasteiger partial charge in [-0.2, -0.15) is 0 Å². The van der Waals surface area contributed by atoms with E-state index >= 15 is 0 Å². The van der Waals surface area contributed by atoms with Crippen LogP contribution < -0.4 is 0 Å². The zero-order valence-corrected chi connectivity index (χ0v) is 8.97. The van der Waals surface area contributed by atoms with E-state index in [-0.39, 0.29) is 0 Å². The SMILES string of the molecule is Clc1nc(C2CCC2)c(Br)s1. The van der Waals surface area contributed by atoms with Crippen LogP contribution in [0.3, 0.4) is 0 Å². The van der Waals surface area contributed by atoms with Gasteiger partial charge in [0.2, 0.25) is 0 Å². The first-order valence-corrected chi connectivity index (χ1v) is 5.58. The van der Waals surface area contributed by atoms with Crippen LogP contribution in [0.4, 0.5) is 0 Å². The summed E-state index contributed by atoms with van der Waals surface area (Å²) in [6.45, 7) is 0. The molecule has 0 spiro atoms. The molecule has 0 radical (unpaired) electrons. The predicted molar refractivity (Wildman–Crippen MR) is 51.4 cm³/mol. The molecule has 11 heavy (non-hydrogen) atoms. The fourth-order valence-corrected chi connectivity index (χ4v) is 3.30. The van der Waals surface area contributed by atoms with Crippen molar-refractivity contribution >= 4 is 38.9 Å². The number of hydrogen-bond donors (Lipinski definition) is 0. The van der Waals surface area contributed by atoms with Gasteiger partial charge in [-0.05, 0) is 28.8 Å². The highest BCUT2D eigenvalue weighted by Crippen LogP contribution is 2.42. The van der Waals surface area contributed by atoms with Gasteiger partial charge in [-0.3, -0.25) is 0 Å². The number of nitrogens with zero attached hydrogens (tertiary/aromatic N) is 1. The average molecular weight is 253 g/mol. The molecule has 0 aliphatic heterocycles. The van der Waals surface area contributed by atoms with Gasteiger partial charge in [0.05, 0.1) is 9.48 Å². The van der Waals surface area contributed by atoms with Crippen molar-refractivity contribution in [3.05, 3.63) is 13.9 Å². The molecular weight excluding hydrogens is 246 g/mol. The molecule has 1 nitrogen and oxygen atoms in total. The van der Waals surface area contributed by atoms with Crippen LogP contribution in [0.5, 0.6) is 0 Å². The normalized spacial score (nSPS) is 18.4. The molecule has 4 heteroatoms. The first-order chi connectivity index (χ1) is 5.27. The van der Waals surface area contributed by atoms with Crippen LogP contribution in [0.1, 0.15) is 30.9 Å². The Bertz CT molecular complexity index is 269. The van der Waals surface area contributed by atoms with E-state index in [1.807, 2.05) is 0 Å². The largest absolute Gasteiger partial charge is 0.229 e. The molecule has 0 N–H and O–H groups in total. The molecule has 0 unspecified atom stereocenters. The fourth-order valence-electron chi connectivity index (χ4n) is 1.22. The second-order valence-corrected chi connectivity index (χ2v) is 5.65. The quantitative estimate of drug-likeness (QED) is 0.740. The van der Waals surface area contributed by atoms with Gasteiger partial charge in [0.25, 0.3) is 0 Å². The molecule has 1 saturated carbocycles. The molecule has 1 heterocycles. The molecule has 1 aromatic rings. The van der Waals surface area contributed by atoms with Crippen molar-refractivity contribution in [1.29, 1.82) is 0 Å². The summed E-state index contributed by atoms with van der Waals surface area (Å²) in [7, 11) is 0. The number of halogens is 2. The molecule has 0 bridgehead atoms. The lowest BCUT2D eigenvalue weighted by Crippen LogP contribution is -2.09. The second kappa shape index (κ2) is 3.04. The molecule has 0 aromatic carbocycles. The first-order valence-electron chi connectivity index (χ1n) is 3.59. The minimum absolute atomic E-state index is 0.652. The minimum atomic E-state index is 0.652. The maximum atomic E-state index is 5.77. The van der Waals surface area contributed by atoms with E-state index in [0.717, 1.165) is 3.79 Å². The van der Waals surface area contributed by atoms with Crippen molar-refractivity contribution in [3.63, 3.8) is 0 Å². The zero-order valence-electron chi connectivity index (χ0n) is 5.81. The Morgan fingerprint density at radius 2 is 2.27 bits per heavy atom. The molecule has 1 aromatic heterocycles. The Morgan fingerprint density at radius 1 is 1.55 bits per heavy atom. The second-order valence-electron chi connectivity index (χ2n) is 2.75. The van der Waals surface area contributed by atoms with Crippen molar-refractivity contribution in [2.75, 3.05) is 0 Å². The summed E-state index contributed by atoms with van der Waals surface area (Å²) < 4.78 is 1.77. The van der Waals surface area contributed by atoms with Gasteiger partial charge in [-0.25, -0.2) is 4.98 Å². The maximum absolute atomic E-state index is 5.77. The summed E-state index contributed by atoms with van der Waals surface area (Å²) in [4.78, 5) is 4.27. The molecule has 0 saturated heterocycles. The molecule has 2 rings (SSSR count). The van der Waals surface area contributed by atoms with Gasteiger partial charge in [0.15, 0.2) is 4.47 Å². The molecule has 0 atom stereocenters. The van der Waals surface area contributed by atoms with E-state index in [9.17, 15) is 0 Å². The monoisotopic (exact) mass is 251 g/mol. The third-order valence-corrected chi connectivity index (χ3v) is 3.93. The Morgan fingerprint density at radius 3 is 2.64 bits per heavy atom. The molecule has 0 amide bonds. The summed E-state index contributed by atoms with van der Waals surface area (Å²) in [6, 6.07) is 0. The van der Waals surface area contributed by atoms with Crippen LogP contribution in [-0.4, -0.2) is 4.98 Å². The van der Waals surface area contributed by atoms with Gasteiger partial charge >= 0.3 is 0 Å². The van der Waals surface area contributed by atoms with E-state index in [2.05, 4.69) is 20.9 Å². The number of aromatic nitrogens is 1. The van der Waals surface area contributed by atoms with Gasteiger partial charge in [0.1, 0.15) is 0 Å². The van der Waals surface area contributed by atoms with Crippen LogP contribution >= 0.6 is 38.9 Å². The average Bonchev–Trinajstić information content (AvgIpc) is 2.07. The Balaban J connectivity index is 2.28. The van der Waals surface area contributed by atoms with E-state index in [4.69, 9.17) is 11.6 Å². The lowest BCUT2D eigenvalue weighted by molar-refractivity contribution is 0.411. The standard InChI is InChI=1S/C7H7BrClNS/c8-6-5(4-2-1-3-4)10-7(9)11-6/h4H,1-3H2. The van der Waals surface area contributed by atoms with E-state index in [0.29, 0.717) is 10.4 Å². The predicted octanol–water partition coefficient (Wildman–Crippen LogP) is 3.83. The first kappa shape index (κ1) is 8.02. The number of rotatable bonds is 1. The van der Waals surface area contributed by atoms with Gasteiger partial charge in [-0.1, -0.05) is 29.4 Å². The van der Waals surface area contributed by atoms with Gasteiger partial charge in [0, 0.05) is 5.92 Å².